The van der Waals surface area contributed by atoms with E-state index < -0.39 is 0 Å². The standard InChI is InChI=1S/C23H24FN3O2/c24-20-7-3-1-5-17(20)14-26-23(29)16-9-11-27(12-10-16)22(28)13-18-15-25-21-8-4-2-6-19(18)21/h1-8,15-16,25H,9-14H2,(H,26,29). The van der Waals surface area contributed by atoms with Crippen molar-refractivity contribution in [2.75, 3.05) is 13.1 Å². The Labute approximate surface area is 168 Å². The van der Waals surface area contributed by atoms with Crippen molar-refractivity contribution in [3.8, 4) is 0 Å². The smallest absolute Gasteiger partial charge is 0.227 e. The zero-order chi connectivity index (χ0) is 20.2. The summed E-state index contributed by atoms with van der Waals surface area (Å²) in [5, 5.41) is 3.90. The number of nitrogens with one attached hydrogen (secondary N) is 2. The predicted molar refractivity (Wildman–Crippen MR) is 110 cm³/mol. The highest BCUT2D eigenvalue weighted by Gasteiger charge is 2.27. The number of fused-ring (bicyclic) bond motifs is 1. The molecule has 3 aromatic rings. The van der Waals surface area contributed by atoms with Gasteiger partial charge in [-0.05, 0) is 30.5 Å². The quantitative estimate of drug-likeness (QED) is 0.698. The van der Waals surface area contributed by atoms with E-state index in [1.54, 1.807) is 18.2 Å². The zero-order valence-corrected chi connectivity index (χ0v) is 16.2. The molecule has 1 aliphatic rings. The van der Waals surface area contributed by atoms with Crippen LogP contribution in [0.15, 0.2) is 54.7 Å². The van der Waals surface area contributed by atoms with Crippen LogP contribution in [0, 0.1) is 11.7 Å². The fourth-order valence-electron chi connectivity index (χ4n) is 3.91. The first kappa shape index (κ1) is 19.2. The molecule has 150 valence electrons. The molecule has 2 aromatic carbocycles. The molecule has 1 saturated heterocycles. The Kier molecular flexibility index (Phi) is 5.60. The van der Waals surface area contributed by atoms with Crippen molar-refractivity contribution in [2.24, 2.45) is 5.92 Å². The summed E-state index contributed by atoms with van der Waals surface area (Å²) in [4.78, 5) is 30.2. The fourth-order valence-corrected chi connectivity index (χ4v) is 3.91. The molecule has 1 fully saturated rings. The van der Waals surface area contributed by atoms with E-state index in [9.17, 15) is 14.0 Å². The van der Waals surface area contributed by atoms with Crippen LogP contribution in [-0.2, 0) is 22.6 Å². The number of aromatic nitrogens is 1. The molecule has 0 spiro atoms. The minimum absolute atomic E-state index is 0.0722. The Hall–Kier alpha value is -3.15. The number of likely N-dealkylation sites (tertiary alicyclic amines) is 1. The Morgan fingerprint density at radius 1 is 1.03 bits per heavy atom. The summed E-state index contributed by atoms with van der Waals surface area (Å²) >= 11 is 0. The highest BCUT2D eigenvalue weighted by Crippen LogP contribution is 2.22. The van der Waals surface area contributed by atoms with Gasteiger partial charge in [0, 0.05) is 48.2 Å². The molecule has 5 nitrogen and oxygen atoms in total. The maximum atomic E-state index is 13.7. The summed E-state index contributed by atoms with van der Waals surface area (Å²) in [5.41, 5.74) is 2.50. The van der Waals surface area contributed by atoms with Crippen LogP contribution in [0.5, 0.6) is 0 Å². The first-order chi connectivity index (χ1) is 14.1. The van der Waals surface area contributed by atoms with Gasteiger partial charge in [-0.1, -0.05) is 36.4 Å². The number of aromatic amines is 1. The van der Waals surface area contributed by atoms with Crippen molar-refractivity contribution in [1.82, 2.24) is 15.2 Å². The second kappa shape index (κ2) is 8.47. The zero-order valence-electron chi connectivity index (χ0n) is 16.2. The Morgan fingerprint density at radius 3 is 2.55 bits per heavy atom. The molecule has 0 saturated carbocycles. The van der Waals surface area contributed by atoms with Crippen molar-refractivity contribution in [3.05, 3.63) is 71.7 Å². The van der Waals surface area contributed by atoms with Crippen LogP contribution in [0.2, 0.25) is 0 Å². The number of nitrogens with zero attached hydrogens (tertiary/aromatic N) is 1. The SMILES string of the molecule is O=C(NCc1ccccc1F)C1CCN(C(=O)Cc2c[nH]c3ccccc23)CC1. The minimum Gasteiger partial charge on any atom is -0.361 e. The first-order valence-electron chi connectivity index (χ1n) is 9.95. The van der Waals surface area contributed by atoms with Gasteiger partial charge in [-0.15, -0.1) is 0 Å². The average Bonchev–Trinajstić information content (AvgIpc) is 3.16. The number of rotatable bonds is 5. The summed E-state index contributed by atoms with van der Waals surface area (Å²) < 4.78 is 13.7. The summed E-state index contributed by atoms with van der Waals surface area (Å²) in [6, 6.07) is 14.4. The van der Waals surface area contributed by atoms with Gasteiger partial charge in [-0.2, -0.15) is 0 Å². The van der Waals surface area contributed by atoms with E-state index in [0.29, 0.717) is 37.9 Å². The van der Waals surface area contributed by atoms with Crippen LogP contribution in [0.3, 0.4) is 0 Å². The lowest BCUT2D eigenvalue weighted by Gasteiger charge is -2.31. The van der Waals surface area contributed by atoms with Gasteiger partial charge in [-0.3, -0.25) is 9.59 Å². The van der Waals surface area contributed by atoms with Crippen molar-refractivity contribution < 1.29 is 14.0 Å². The average molecular weight is 393 g/mol. The number of halogens is 1. The molecule has 29 heavy (non-hydrogen) atoms. The van der Waals surface area contributed by atoms with Gasteiger partial charge in [-0.25, -0.2) is 4.39 Å². The third kappa shape index (κ3) is 4.31. The summed E-state index contributed by atoms with van der Waals surface area (Å²) in [6.45, 7) is 1.32. The molecule has 2 heterocycles. The topological polar surface area (TPSA) is 65.2 Å². The first-order valence-corrected chi connectivity index (χ1v) is 9.95. The van der Waals surface area contributed by atoms with Crippen LogP contribution in [-0.4, -0.2) is 34.8 Å². The van der Waals surface area contributed by atoms with Crippen LogP contribution < -0.4 is 5.32 Å². The Morgan fingerprint density at radius 2 is 1.76 bits per heavy atom. The van der Waals surface area contributed by atoms with E-state index in [4.69, 9.17) is 0 Å². The van der Waals surface area contributed by atoms with Crippen LogP contribution in [0.4, 0.5) is 4.39 Å². The van der Waals surface area contributed by atoms with Gasteiger partial charge < -0.3 is 15.2 Å². The van der Waals surface area contributed by atoms with Crippen molar-refractivity contribution >= 4 is 22.7 Å². The fraction of sp³-hybridized carbons (Fsp3) is 0.304. The van der Waals surface area contributed by atoms with Gasteiger partial charge in [0.1, 0.15) is 5.82 Å². The second-order valence-electron chi connectivity index (χ2n) is 7.50. The number of hydrogen-bond donors (Lipinski definition) is 2. The summed E-state index contributed by atoms with van der Waals surface area (Å²) in [6.07, 6.45) is 3.51. The second-order valence-corrected chi connectivity index (χ2v) is 7.50. The van der Waals surface area contributed by atoms with Crippen molar-refractivity contribution in [1.29, 1.82) is 0 Å². The number of hydrogen-bond acceptors (Lipinski definition) is 2. The highest BCUT2D eigenvalue weighted by atomic mass is 19.1. The molecule has 1 aromatic heterocycles. The third-order valence-electron chi connectivity index (χ3n) is 5.65. The lowest BCUT2D eigenvalue weighted by molar-refractivity contribution is -0.135. The molecule has 2 N–H and O–H groups in total. The summed E-state index contributed by atoms with van der Waals surface area (Å²) in [7, 11) is 0. The Bertz CT molecular complexity index is 1020. The van der Waals surface area contributed by atoms with E-state index in [0.717, 1.165) is 16.5 Å². The van der Waals surface area contributed by atoms with Crippen LogP contribution in [0.1, 0.15) is 24.0 Å². The number of piperidine rings is 1. The van der Waals surface area contributed by atoms with E-state index in [1.165, 1.54) is 6.07 Å². The highest BCUT2D eigenvalue weighted by molar-refractivity contribution is 5.89. The molecule has 0 unspecified atom stereocenters. The lowest BCUT2D eigenvalue weighted by atomic mass is 9.95. The van der Waals surface area contributed by atoms with Crippen molar-refractivity contribution in [2.45, 2.75) is 25.8 Å². The van der Waals surface area contributed by atoms with Gasteiger partial charge in [0.15, 0.2) is 0 Å². The molecular weight excluding hydrogens is 369 g/mol. The number of para-hydroxylation sites is 1. The molecule has 6 heteroatoms. The number of H-pyrrole nitrogens is 1. The number of carbonyl (C=O) groups is 2. The molecule has 0 atom stereocenters. The molecular formula is C23H24FN3O2. The normalized spacial score (nSPS) is 14.9. The molecule has 1 aliphatic heterocycles. The molecule has 0 bridgehead atoms. The minimum atomic E-state index is -0.314. The summed E-state index contributed by atoms with van der Waals surface area (Å²) in [5.74, 6) is -0.443. The van der Waals surface area contributed by atoms with E-state index >= 15 is 0 Å². The van der Waals surface area contributed by atoms with E-state index in [1.807, 2.05) is 35.4 Å². The monoisotopic (exact) mass is 393 g/mol. The van der Waals surface area contributed by atoms with Crippen molar-refractivity contribution in [3.63, 3.8) is 0 Å². The molecule has 0 radical (unpaired) electrons. The molecule has 0 aliphatic carbocycles. The molecule has 4 rings (SSSR count). The largest absolute Gasteiger partial charge is 0.361 e. The van der Waals surface area contributed by atoms with Gasteiger partial charge in [0.25, 0.3) is 0 Å². The van der Waals surface area contributed by atoms with E-state index in [-0.39, 0.29) is 30.1 Å². The maximum absolute atomic E-state index is 13.7. The van der Waals surface area contributed by atoms with Crippen LogP contribution >= 0.6 is 0 Å². The number of carbonyl (C=O) groups excluding carboxylic acids is 2. The number of amides is 2. The van der Waals surface area contributed by atoms with Gasteiger partial charge in [0.05, 0.1) is 6.42 Å². The van der Waals surface area contributed by atoms with E-state index in [2.05, 4.69) is 10.3 Å². The van der Waals surface area contributed by atoms with Gasteiger partial charge in [0.2, 0.25) is 11.8 Å². The van der Waals surface area contributed by atoms with Gasteiger partial charge >= 0.3 is 0 Å². The Balaban J connectivity index is 1.28. The number of benzene rings is 2. The van der Waals surface area contributed by atoms with Crippen LogP contribution in [0.25, 0.3) is 10.9 Å². The third-order valence-corrected chi connectivity index (χ3v) is 5.65. The predicted octanol–water partition coefficient (Wildman–Crippen LogP) is 3.40. The lowest BCUT2D eigenvalue weighted by Crippen LogP contribution is -2.43. The maximum Gasteiger partial charge on any atom is 0.227 e. The molecule has 2 amide bonds.